The van der Waals surface area contributed by atoms with Crippen LogP contribution in [0.3, 0.4) is 0 Å². The number of aryl methyl sites for hydroxylation is 1. The second-order valence-corrected chi connectivity index (χ2v) is 5.18. The summed E-state index contributed by atoms with van der Waals surface area (Å²) in [6, 6.07) is 0. The molecule has 0 radical (unpaired) electrons. The van der Waals surface area contributed by atoms with Crippen molar-refractivity contribution in [3.8, 4) is 0 Å². The number of aromatic nitrogens is 2. The van der Waals surface area contributed by atoms with Crippen LogP contribution in [0.1, 0.15) is 37.8 Å². The van der Waals surface area contributed by atoms with E-state index in [4.69, 9.17) is 5.73 Å². The Morgan fingerprint density at radius 2 is 2.29 bits per heavy atom. The van der Waals surface area contributed by atoms with Crippen molar-refractivity contribution in [2.75, 3.05) is 6.54 Å². The fourth-order valence-electron chi connectivity index (χ4n) is 2.00. The molecule has 1 atom stereocenters. The van der Waals surface area contributed by atoms with E-state index in [0.29, 0.717) is 18.3 Å². The van der Waals surface area contributed by atoms with Gasteiger partial charge in [0.1, 0.15) is 0 Å². The van der Waals surface area contributed by atoms with Crippen molar-refractivity contribution in [3.05, 3.63) is 18.2 Å². The van der Waals surface area contributed by atoms with E-state index >= 15 is 0 Å². The molecule has 0 aliphatic rings. The van der Waals surface area contributed by atoms with E-state index in [9.17, 15) is 4.79 Å². The van der Waals surface area contributed by atoms with Crippen LogP contribution in [0.25, 0.3) is 0 Å². The maximum absolute atomic E-state index is 12.0. The summed E-state index contributed by atoms with van der Waals surface area (Å²) in [4.78, 5) is 16.1. The maximum Gasteiger partial charge on any atom is 0.287 e. The Morgan fingerprint density at radius 1 is 1.65 bits per heavy atom. The predicted molar refractivity (Wildman–Crippen MR) is 67.6 cm³/mol. The number of hydrogen-bond donors (Lipinski definition) is 2. The molecule has 0 saturated carbocycles. The highest BCUT2D eigenvalue weighted by Crippen LogP contribution is 2.15. The molecule has 0 saturated heterocycles. The van der Waals surface area contributed by atoms with Gasteiger partial charge in [0.05, 0.1) is 5.54 Å². The highest BCUT2D eigenvalue weighted by atomic mass is 16.2. The van der Waals surface area contributed by atoms with Gasteiger partial charge in [0.2, 0.25) is 0 Å². The number of imidazole rings is 1. The lowest BCUT2D eigenvalue weighted by Gasteiger charge is -2.31. The molecule has 96 valence electrons. The molecule has 1 unspecified atom stereocenters. The quantitative estimate of drug-likeness (QED) is 0.801. The Morgan fingerprint density at radius 3 is 2.71 bits per heavy atom. The zero-order valence-electron chi connectivity index (χ0n) is 11.0. The van der Waals surface area contributed by atoms with Crippen molar-refractivity contribution >= 4 is 5.91 Å². The van der Waals surface area contributed by atoms with Crippen LogP contribution in [-0.2, 0) is 7.05 Å². The van der Waals surface area contributed by atoms with E-state index in [2.05, 4.69) is 24.1 Å². The van der Waals surface area contributed by atoms with Crippen LogP contribution in [-0.4, -0.2) is 27.5 Å². The number of nitrogens with two attached hydrogens (primary N) is 1. The Labute approximate surface area is 102 Å². The van der Waals surface area contributed by atoms with E-state index in [1.807, 2.05) is 6.92 Å². The number of hydrogen-bond acceptors (Lipinski definition) is 3. The number of amides is 1. The highest BCUT2D eigenvalue weighted by molar-refractivity contribution is 5.91. The second-order valence-electron chi connectivity index (χ2n) is 5.18. The van der Waals surface area contributed by atoms with E-state index in [0.717, 1.165) is 6.42 Å². The van der Waals surface area contributed by atoms with Crippen molar-refractivity contribution in [1.29, 1.82) is 0 Å². The van der Waals surface area contributed by atoms with E-state index < -0.39 is 0 Å². The molecule has 1 aromatic rings. The van der Waals surface area contributed by atoms with Crippen LogP contribution in [0.2, 0.25) is 0 Å². The highest BCUT2D eigenvalue weighted by Gasteiger charge is 2.27. The molecule has 0 fully saturated rings. The second kappa shape index (κ2) is 5.31. The number of nitrogens with zero attached hydrogens (tertiary/aromatic N) is 2. The first kappa shape index (κ1) is 13.7. The van der Waals surface area contributed by atoms with E-state index in [-0.39, 0.29) is 11.4 Å². The molecule has 1 rings (SSSR count). The van der Waals surface area contributed by atoms with Crippen LogP contribution in [0, 0.1) is 5.92 Å². The minimum atomic E-state index is -0.378. The Hall–Kier alpha value is -1.36. The molecule has 0 aliphatic heterocycles. The monoisotopic (exact) mass is 238 g/mol. The Bertz CT molecular complexity index is 386. The molecule has 3 N–H and O–H groups in total. The summed E-state index contributed by atoms with van der Waals surface area (Å²) >= 11 is 0. The summed E-state index contributed by atoms with van der Waals surface area (Å²) in [6.07, 6.45) is 4.20. The minimum Gasteiger partial charge on any atom is -0.343 e. The first-order valence-electron chi connectivity index (χ1n) is 5.88. The summed E-state index contributed by atoms with van der Waals surface area (Å²) < 4.78 is 1.70. The Kier molecular flexibility index (Phi) is 4.28. The fraction of sp³-hybridized carbons (Fsp3) is 0.667. The van der Waals surface area contributed by atoms with Crippen LogP contribution < -0.4 is 11.1 Å². The van der Waals surface area contributed by atoms with Gasteiger partial charge in [-0.15, -0.1) is 0 Å². The molecule has 0 aromatic carbocycles. The lowest BCUT2D eigenvalue weighted by atomic mass is 9.90. The van der Waals surface area contributed by atoms with E-state index in [1.165, 1.54) is 0 Å². The maximum atomic E-state index is 12.0. The zero-order chi connectivity index (χ0) is 13.1. The average Bonchev–Trinajstić information content (AvgIpc) is 2.63. The topological polar surface area (TPSA) is 72.9 Å². The van der Waals surface area contributed by atoms with Gasteiger partial charge >= 0.3 is 0 Å². The summed E-state index contributed by atoms with van der Waals surface area (Å²) in [5, 5.41) is 2.97. The van der Waals surface area contributed by atoms with Gasteiger partial charge in [-0.3, -0.25) is 4.79 Å². The van der Waals surface area contributed by atoms with Gasteiger partial charge in [0.25, 0.3) is 5.91 Å². The minimum absolute atomic E-state index is 0.175. The number of carbonyl (C=O) groups is 1. The summed E-state index contributed by atoms with van der Waals surface area (Å²) in [5.41, 5.74) is 5.38. The van der Waals surface area contributed by atoms with Gasteiger partial charge in [-0.25, -0.2) is 4.98 Å². The molecule has 5 nitrogen and oxygen atoms in total. The predicted octanol–water partition coefficient (Wildman–Crippen LogP) is 0.913. The first-order chi connectivity index (χ1) is 7.88. The molecule has 17 heavy (non-hydrogen) atoms. The van der Waals surface area contributed by atoms with Gasteiger partial charge in [-0.2, -0.15) is 0 Å². The van der Waals surface area contributed by atoms with Gasteiger partial charge in [-0.1, -0.05) is 13.8 Å². The van der Waals surface area contributed by atoms with Gasteiger partial charge in [0, 0.05) is 26.0 Å². The van der Waals surface area contributed by atoms with Gasteiger partial charge in [-0.05, 0) is 19.3 Å². The van der Waals surface area contributed by atoms with Gasteiger partial charge in [0.15, 0.2) is 5.82 Å². The Balaban J connectivity index is 2.75. The third-order valence-corrected chi connectivity index (χ3v) is 2.75. The molecule has 1 amide bonds. The first-order valence-corrected chi connectivity index (χ1v) is 5.88. The standard InChI is InChI=1S/C12H22N4O/c1-9(2)7-12(3,8-13)15-11(17)10-14-5-6-16(10)4/h5-6,9H,7-8,13H2,1-4H3,(H,15,17). The summed E-state index contributed by atoms with van der Waals surface area (Å²) in [6.45, 7) is 6.61. The molecule has 0 spiro atoms. The number of rotatable bonds is 5. The molecular formula is C12H22N4O. The molecule has 0 aliphatic carbocycles. The SMILES string of the molecule is CC(C)CC(C)(CN)NC(=O)c1nccn1C. The molecule has 5 heteroatoms. The van der Waals surface area contributed by atoms with Crippen molar-refractivity contribution < 1.29 is 4.79 Å². The van der Waals surface area contributed by atoms with Crippen LogP contribution in [0.15, 0.2) is 12.4 Å². The number of nitrogens with one attached hydrogen (secondary N) is 1. The third-order valence-electron chi connectivity index (χ3n) is 2.75. The summed E-state index contributed by atoms with van der Waals surface area (Å²) in [7, 11) is 1.80. The van der Waals surface area contributed by atoms with Crippen LogP contribution in [0.4, 0.5) is 0 Å². The van der Waals surface area contributed by atoms with Crippen molar-refractivity contribution in [2.45, 2.75) is 32.7 Å². The average molecular weight is 238 g/mol. The van der Waals surface area contributed by atoms with Crippen molar-refractivity contribution in [3.63, 3.8) is 0 Å². The lowest BCUT2D eigenvalue weighted by Crippen LogP contribution is -2.52. The third kappa shape index (κ3) is 3.56. The molecular weight excluding hydrogens is 216 g/mol. The van der Waals surface area contributed by atoms with Crippen molar-refractivity contribution in [1.82, 2.24) is 14.9 Å². The molecule has 1 heterocycles. The van der Waals surface area contributed by atoms with Crippen LogP contribution >= 0.6 is 0 Å². The fourth-order valence-corrected chi connectivity index (χ4v) is 2.00. The largest absolute Gasteiger partial charge is 0.343 e. The molecule has 0 bridgehead atoms. The normalized spacial score (nSPS) is 14.7. The van der Waals surface area contributed by atoms with E-state index in [1.54, 1.807) is 24.0 Å². The molecule has 1 aromatic heterocycles. The lowest BCUT2D eigenvalue weighted by molar-refractivity contribution is 0.0884. The number of carbonyl (C=O) groups excluding carboxylic acids is 1. The van der Waals surface area contributed by atoms with Gasteiger partial charge < -0.3 is 15.6 Å². The smallest absolute Gasteiger partial charge is 0.287 e. The zero-order valence-corrected chi connectivity index (χ0v) is 11.0. The summed E-state index contributed by atoms with van der Waals surface area (Å²) in [5.74, 6) is 0.713. The van der Waals surface area contributed by atoms with Crippen molar-refractivity contribution in [2.24, 2.45) is 18.7 Å². The van der Waals surface area contributed by atoms with Crippen LogP contribution in [0.5, 0.6) is 0 Å².